The van der Waals surface area contributed by atoms with Gasteiger partial charge in [-0.15, -0.1) is 4.99 Å². The quantitative estimate of drug-likeness (QED) is 0.654. The first-order chi connectivity index (χ1) is 8.76. The van der Waals surface area contributed by atoms with Crippen LogP contribution in [0.3, 0.4) is 0 Å². The fraction of sp³-hybridized carbons (Fsp3) is 0.154. The number of carbonyl (C=O) groups excluding carboxylic acids is 1. The van der Waals surface area contributed by atoms with E-state index >= 15 is 0 Å². The Kier molecular flexibility index (Phi) is 3.80. The second-order valence-electron chi connectivity index (χ2n) is 3.60. The van der Waals surface area contributed by atoms with Crippen molar-refractivity contribution in [3.63, 3.8) is 0 Å². The van der Waals surface area contributed by atoms with E-state index in [0.717, 1.165) is 17.6 Å². The number of nitrogens with zero attached hydrogens (tertiary/aromatic N) is 2. The molecule has 1 aromatic carbocycles. The molecule has 1 saturated heterocycles. The predicted molar refractivity (Wildman–Crippen MR) is 72.4 cm³/mol. The van der Waals surface area contributed by atoms with Gasteiger partial charge in [0.15, 0.2) is 5.17 Å². The highest BCUT2D eigenvalue weighted by molar-refractivity contribution is 8.18. The number of thioether (sulfide) groups is 1. The van der Waals surface area contributed by atoms with E-state index in [1.807, 2.05) is 37.3 Å². The van der Waals surface area contributed by atoms with E-state index in [4.69, 9.17) is 5.26 Å². The van der Waals surface area contributed by atoms with Crippen molar-refractivity contribution >= 4 is 28.4 Å². The monoisotopic (exact) mass is 257 g/mol. The van der Waals surface area contributed by atoms with Gasteiger partial charge in [-0.05, 0) is 29.3 Å². The Bertz CT molecular complexity index is 570. The summed E-state index contributed by atoms with van der Waals surface area (Å²) in [5, 5.41) is 11.4. The van der Waals surface area contributed by atoms with Crippen LogP contribution in [0.15, 0.2) is 40.2 Å². The average Bonchev–Trinajstić information content (AvgIpc) is 2.73. The summed E-state index contributed by atoms with van der Waals surface area (Å²) in [5.41, 5.74) is 2.00. The van der Waals surface area contributed by atoms with E-state index in [1.165, 1.54) is 11.8 Å². The summed E-state index contributed by atoms with van der Waals surface area (Å²) in [6.07, 6.45) is 2.43. The van der Waals surface area contributed by atoms with Crippen molar-refractivity contribution in [1.29, 1.82) is 5.26 Å². The molecule has 0 aromatic heterocycles. The lowest BCUT2D eigenvalue weighted by atomic mass is 10.0. The van der Waals surface area contributed by atoms with Crippen molar-refractivity contribution in [2.75, 3.05) is 0 Å². The number of carbonyl (C=O) groups is 1. The zero-order valence-electron chi connectivity index (χ0n) is 9.80. The predicted octanol–water partition coefficient (Wildman–Crippen LogP) is 2.51. The number of aliphatic imine (C=N–C) groups is 1. The van der Waals surface area contributed by atoms with Crippen LogP contribution in [0.2, 0.25) is 0 Å². The summed E-state index contributed by atoms with van der Waals surface area (Å²) in [6.45, 7) is 2.00. The molecule has 0 unspecified atom stereocenters. The highest BCUT2D eigenvalue weighted by Crippen LogP contribution is 2.33. The Morgan fingerprint density at radius 2 is 2.17 bits per heavy atom. The van der Waals surface area contributed by atoms with Gasteiger partial charge in [0, 0.05) is 0 Å². The van der Waals surface area contributed by atoms with Crippen LogP contribution in [-0.4, -0.2) is 11.1 Å². The highest BCUT2D eigenvalue weighted by Gasteiger charge is 2.27. The molecule has 18 heavy (non-hydrogen) atoms. The number of nitriles is 1. The van der Waals surface area contributed by atoms with Crippen molar-refractivity contribution < 1.29 is 4.79 Å². The molecule has 1 N–H and O–H groups in total. The molecule has 4 nitrogen and oxygen atoms in total. The van der Waals surface area contributed by atoms with E-state index in [1.54, 1.807) is 6.19 Å². The van der Waals surface area contributed by atoms with Crippen LogP contribution in [0.5, 0.6) is 0 Å². The Hall–Kier alpha value is -2.06. The van der Waals surface area contributed by atoms with Gasteiger partial charge in [0.05, 0.1) is 4.91 Å². The molecule has 0 saturated carbocycles. The molecule has 0 bridgehead atoms. The molecule has 1 aliphatic rings. The number of allylic oxidation sites excluding steroid dienone is 1. The zero-order valence-corrected chi connectivity index (χ0v) is 10.6. The highest BCUT2D eigenvalue weighted by atomic mass is 32.2. The summed E-state index contributed by atoms with van der Waals surface area (Å²) in [5.74, 6) is -0.185. The van der Waals surface area contributed by atoms with Crippen LogP contribution < -0.4 is 5.32 Å². The minimum Gasteiger partial charge on any atom is -0.300 e. The van der Waals surface area contributed by atoms with Gasteiger partial charge in [-0.1, -0.05) is 37.3 Å². The Morgan fingerprint density at radius 3 is 2.78 bits per heavy atom. The smallest absolute Gasteiger partial charge is 0.264 e. The number of nitrogens with one attached hydrogen (secondary N) is 1. The molecule has 1 aliphatic heterocycles. The summed E-state index contributed by atoms with van der Waals surface area (Å²) < 4.78 is 0. The molecule has 0 spiro atoms. The molecule has 2 rings (SSSR count). The largest absolute Gasteiger partial charge is 0.300 e. The summed E-state index contributed by atoms with van der Waals surface area (Å²) in [7, 11) is 0. The minimum atomic E-state index is -0.185. The maximum atomic E-state index is 11.9. The zero-order chi connectivity index (χ0) is 13.0. The maximum absolute atomic E-state index is 11.9. The van der Waals surface area contributed by atoms with Crippen LogP contribution >= 0.6 is 11.8 Å². The number of rotatable bonds is 2. The van der Waals surface area contributed by atoms with Gasteiger partial charge in [0.2, 0.25) is 6.19 Å². The van der Waals surface area contributed by atoms with Crippen molar-refractivity contribution in [2.24, 2.45) is 4.99 Å². The maximum Gasteiger partial charge on any atom is 0.264 e. The second kappa shape index (κ2) is 5.52. The van der Waals surface area contributed by atoms with Crippen LogP contribution in [-0.2, 0) is 4.79 Å². The van der Waals surface area contributed by atoms with E-state index in [0.29, 0.717) is 10.1 Å². The Morgan fingerprint density at radius 1 is 1.44 bits per heavy atom. The van der Waals surface area contributed by atoms with E-state index in [-0.39, 0.29) is 5.91 Å². The lowest BCUT2D eigenvalue weighted by Crippen LogP contribution is -2.19. The van der Waals surface area contributed by atoms with Crippen molar-refractivity contribution in [2.45, 2.75) is 13.3 Å². The molecular weight excluding hydrogens is 246 g/mol. The SMILES string of the molecule is CCC(=C1SC(=NC#N)NC1=O)c1ccccc1. The summed E-state index contributed by atoms with van der Waals surface area (Å²) >= 11 is 1.22. The first-order valence-corrected chi connectivity index (χ1v) is 6.32. The number of amidine groups is 1. The van der Waals surface area contributed by atoms with Gasteiger partial charge in [-0.25, -0.2) is 0 Å². The molecule has 5 heteroatoms. The third-order valence-corrected chi connectivity index (χ3v) is 3.55. The van der Waals surface area contributed by atoms with Gasteiger partial charge >= 0.3 is 0 Å². The van der Waals surface area contributed by atoms with Crippen LogP contribution in [0.25, 0.3) is 5.57 Å². The standard InChI is InChI=1S/C13H11N3OS/c1-2-10(9-6-4-3-5-7-9)11-12(17)16-13(18-11)15-8-14/h3-7H,2H2,1H3,(H,15,16,17). The molecule has 90 valence electrons. The van der Waals surface area contributed by atoms with Crippen molar-refractivity contribution in [1.82, 2.24) is 5.32 Å². The fourth-order valence-electron chi connectivity index (χ4n) is 1.75. The Balaban J connectivity index is 2.44. The number of hydrogen-bond donors (Lipinski definition) is 1. The lowest BCUT2D eigenvalue weighted by molar-refractivity contribution is -0.115. The second-order valence-corrected chi connectivity index (χ2v) is 4.60. The summed E-state index contributed by atoms with van der Waals surface area (Å²) in [6, 6.07) is 9.75. The summed E-state index contributed by atoms with van der Waals surface area (Å²) in [4.78, 5) is 16.0. The topological polar surface area (TPSA) is 65.2 Å². The van der Waals surface area contributed by atoms with Gasteiger partial charge in [0.1, 0.15) is 0 Å². The van der Waals surface area contributed by atoms with E-state index in [2.05, 4.69) is 10.3 Å². The molecule has 1 heterocycles. The normalized spacial score (nSPS) is 19.6. The first-order valence-electron chi connectivity index (χ1n) is 5.50. The van der Waals surface area contributed by atoms with Gasteiger partial charge in [-0.2, -0.15) is 5.26 Å². The molecule has 0 radical (unpaired) electrons. The molecule has 0 aliphatic carbocycles. The number of amides is 1. The van der Waals surface area contributed by atoms with Crippen molar-refractivity contribution in [3.8, 4) is 6.19 Å². The minimum absolute atomic E-state index is 0.185. The third-order valence-electron chi connectivity index (χ3n) is 2.53. The van der Waals surface area contributed by atoms with Gasteiger partial charge < -0.3 is 0 Å². The van der Waals surface area contributed by atoms with Crippen LogP contribution in [0.1, 0.15) is 18.9 Å². The van der Waals surface area contributed by atoms with E-state index in [9.17, 15) is 4.79 Å². The molecule has 1 aromatic rings. The molecule has 1 amide bonds. The Labute approximate surface area is 109 Å². The molecular formula is C13H11N3OS. The fourth-order valence-corrected chi connectivity index (χ4v) is 2.71. The van der Waals surface area contributed by atoms with Gasteiger partial charge in [0.25, 0.3) is 5.91 Å². The molecule has 0 atom stereocenters. The third kappa shape index (κ3) is 2.44. The lowest BCUT2D eigenvalue weighted by Gasteiger charge is -2.06. The average molecular weight is 257 g/mol. The van der Waals surface area contributed by atoms with Crippen molar-refractivity contribution in [3.05, 3.63) is 40.8 Å². The van der Waals surface area contributed by atoms with E-state index < -0.39 is 0 Å². The van der Waals surface area contributed by atoms with Crippen LogP contribution in [0.4, 0.5) is 0 Å². The van der Waals surface area contributed by atoms with Gasteiger partial charge in [-0.3, -0.25) is 10.1 Å². The van der Waals surface area contributed by atoms with Crippen LogP contribution in [0, 0.1) is 11.5 Å². The molecule has 1 fully saturated rings. The first kappa shape index (κ1) is 12.4. The number of benzene rings is 1. The number of hydrogen-bond acceptors (Lipinski definition) is 4.